The minimum Gasteiger partial charge on any atom is -0.493 e. The van der Waals surface area contributed by atoms with Crippen molar-refractivity contribution in [2.45, 2.75) is 31.7 Å². The number of ether oxygens (including phenoxy) is 1. The van der Waals surface area contributed by atoms with Crippen molar-refractivity contribution < 1.29 is 9.53 Å². The van der Waals surface area contributed by atoms with Crippen LogP contribution in [0.5, 0.6) is 5.75 Å². The second-order valence-corrected chi connectivity index (χ2v) is 8.06. The molecule has 2 heterocycles. The van der Waals surface area contributed by atoms with Crippen LogP contribution in [0.3, 0.4) is 0 Å². The first-order valence-corrected chi connectivity index (χ1v) is 10.2. The summed E-state index contributed by atoms with van der Waals surface area (Å²) in [6.07, 6.45) is 6.28. The second-order valence-electron chi connectivity index (χ2n) is 7.05. The lowest BCUT2D eigenvalue weighted by Gasteiger charge is -2.17. The average molecular weight is 376 g/mol. The van der Waals surface area contributed by atoms with Gasteiger partial charge in [-0.25, -0.2) is 0 Å². The summed E-state index contributed by atoms with van der Waals surface area (Å²) in [5, 5.41) is 0.793. The van der Waals surface area contributed by atoms with E-state index in [9.17, 15) is 4.79 Å². The molecule has 5 rings (SSSR count). The van der Waals surface area contributed by atoms with Gasteiger partial charge in [-0.3, -0.25) is 14.7 Å². The fourth-order valence-corrected chi connectivity index (χ4v) is 4.40. The van der Waals surface area contributed by atoms with E-state index in [2.05, 4.69) is 6.07 Å². The van der Waals surface area contributed by atoms with Gasteiger partial charge in [-0.1, -0.05) is 24.3 Å². The van der Waals surface area contributed by atoms with Crippen molar-refractivity contribution in [2.75, 3.05) is 11.5 Å². The lowest BCUT2D eigenvalue weighted by atomic mass is 10.0. The number of hydrogen-bond acceptors (Lipinski definition) is 4. The van der Waals surface area contributed by atoms with Crippen molar-refractivity contribution in [2.24, 2.45) is 4.99 Å². The van der Waals surface area contributed by atoms with E-state index in [4.69, 9.17) is 9.73 Å². The number of aryl methyl sites for hydroxylation is 1. The Balaban J connectivity index is 1.49. The number of carbonyl (C=O) groups is 1. The molecule has 0 N–H and O–H groups in total. The predicted octanol–water partition coefficient (Wildman–Crippen LogP) is 4.65. The van der Waals surface area contributed by atoms with Gasteiger partial charge in [0.1, 0.15) is 5.75 Å². The Bertz CT molecular complexity index is 948. The van der Waals surface area contributed by atoms with Crippen LogP contribution in [0.4, 0.5) is 5.69 Å². The average Bonchev–Trinajstić information content (AvgIpc) is 3.47. The zero-order chi connectivity index (χ0) is 18.2. The standard InChI is InChI=1S/C22H20N2O2S/c25-21-20(14-15-8-11-19-16(13-15)5-4-12-26-19)27-22(23-17-9-10-17)24(21)18-6-2-1-3-7-18/h1-3,6-8,11,13-14,17H,4-5,9-10,12H2/b20-14-,23-22?. The van der Waals surface area contributed by atoms with E-state index in [1.807, 2.05) is 48.5 Å². The molecular weight excluding hydrogens is 356 g/mol. The van der Waals surface area contributed by atoms with Gasteiger partial charge >= 0.3 is 0 Å². The van der Waals surface area contributed by atoms with E-state index in [1.54, 1.807) is 4.90 Å². The molecule has 0 radical (unpaired) electrons. The highest BCUT2D eigenvalue weighted by Crippen LogP contribution is 2.38. The molecule has 27 heavy (non-hydrogen) atoms. The number of benzene rings is 2. The van der Waals surface area contributed by atoms with Crippen molar-refractivity contribution in [3.63, 3.8) is 0 Å². The Kier molecular flexibility index (Phi) is 4.24. The van der Waals surface area contributed by atoms with Gasteiger partial charge in [0.05, 0.1) is 23.2 Å². The van der Waals surface area contributed by atoms with E-state index in [-0.39, 0.29) is 5.91 Å². The van der Waals surface area contributed by atoms with Gasteiger partial charge in [-0.2, -0.15) is 0 Å². The van der Waals surface area contributed by atoms with Crippen LogP contribution in [0, 0.1) is 0 Å². The van der Waals surface area contributed by atoms with Crippen LogP contribution >= 0.6 is 11.8 Å². The molecule has 5 heteroatoms. The molecule has 2 aromatic carbocycles. The highest BCUT2D eigenvalue weighted by Gasteiger charge is 2.36. The quantitative estimate of drug-likeness (QED) is 0.732. The maximum Gasteiger partial charge on any atom is 0.271 e. The molecule has 0 aromatic heterocycles. The van der Waals surface area contributed by atoms with Crippen LogP contribution in [0.25, 0.3) is 6.08 Å². The number of amidine groups is 1. The van der Waals surface area contributed by atoms with Crippen LogP contribution < -0.4 is 9.64 Å². The summed E-state index contributed by atoms with van der Waals surface area (Å²) in [5.41, 5.74) is 3.13. The molecule has 0 atom stereocenters. The number of amides is 1. The van der Waals surface area contributed by atoms with Crippen LogP contribution in [0.2, 0.25) is 0 Å². The molecule has 1 amide bonds. The van der Waals surface area contributed by atoms with Gasteiger partial charge in [0.25, 0.3) is 5.91 Å². The Morgan fingerprint density at radius 3 is 2.81 bits per heavy atom. The van der Waals surface area contributed by atoms with E-state index >= 15 is 0 Å². The highest BCUT2D eigenvalue weighted by molar-refractivity contribution is 8.19. The molecule has 1 saturated carbocycles. The van der Waals surface area contributed by atoms with Crippen LogP contribution in [0.1, 0.15) is 30.4 Å². The lowest BCUT2D eigenvalue weighted by molar-refractivity contribution is -0.113. The van der Waals surface area contributed by atoms with Gasteiger partial charge in [0.15, 0.2) is 5.17 Å². The number of carbonyl (C=O) groups excluding carboxylic acids is 1. The zero-order valence-electron chi connectivity index (χ0n) is 14.9. The summed E-state index contributed by atoms with van der Waals surface area (Å²) in [4.78, 5) is 20.4. The lowest BCUT2D eigenvalue weighted by Crippen LogP contribution is -2.29. The molecular formula is C22H20N2O2S. The number of rotatable bonds is 3. The second kappa shape index (κ2) is 6.89. The molecule has 4 nitrogen and oxygen atoms in total. The molecule has 3 aliphatic rings. The Morgan fingerprint density at radius 1 is 1.15 bits per heavy atom. The maximum atomic E-state index is 13.1. The zero-order valence-corrected chi connectivity index (χ0v) is 15.7. The minimum atomic E-state index is -0.000398. The maximum absolute atomic E-state index is 13.1. The SMILES string of the molecule is O=C1/C(=C/c2ccc3c(c2)CCCO3)SC(=NC2CC2)N1c1ccccc1. The third-order valence-electron chi connectivity index (χ3n) is 4.89. The normalized spacial score (nSPS) is 22.2. The summed E-state index contributed by atoms with van der Waals surface area (Å²) in [6.45, 7) is 0.787. The molecule has 2 fully saturated rings. The highest BCUT2D eigenvalue weighted by atomic mass is 32.2. The number of anilines is 1. The minimum absolute atomic E-state index is 0.000398. The first kappa shape index (κ1) is 16.6. The molecule has 0 spiro atoms. The van der Waals surface area contributed by atoms with E-state index in [0.717, 1.165) is 59.4 Å². The number of fused-ring (bicyclic) bond motifs is 1. The van der Waals surface area contributed by atoms with Crippen molar-refractivity contribution in [1.29, 1.82) is 0 Å². The number of para-hydroxylation sites is 1. The first-order valence-electron chi connectivity index (χ1n) is 9.40. The van der Waals surface area contributed by atoms with Gasteiger partial charge in [-0.15, -0.1) is 0 Å². The first-order chi connectivity index (χ1) is 13.3. The van der Waals surface area contributed by atoms with E-state index in [1.165, 1.54) is 17.3 Å². The Hall–Kier alpha value is -2.53. The Labute approximate surface area is 162 Å². The molecule has 2 aromatic rings. The topological polar surface area (TPSA) is 41.9 Å². The fourth-order valence-electron chi connectivity index (χ4n) is 3.35. The number of hydrogen-bond donors (Lipinski definition) is 0. The van der Waals surface area contributed by atoms with Crippen molar-refractivity contribution in [3.05, 3.63) is 64.6 Å². The Morgan fingerprint density at radius 2 is 2.00 bits per heavy atom. The molecule has 136 valence electrons. The number of aliphatic imine (C=N–C) groups is 1. The largest absolute Gasteiger partial charge is 0.493 e. The van der Waals surface area contributed by atoms with Crippen LogP contribution in [0.15, 0.2) is 58.4 Å². The van der Waals surface area contributed by atoms with Crippen molar-refractivity contribution in [1.82, 2.24) is 0 Å². The van der Waals surface area contributed by atoms with Gasteiger partial charge in [-0.05, 0) is 78.9 Å². The van der Waals surface area contributed by atoms with E-state index in [0.29, 0.717) is 6.04 Å². The summed E-state index contributed by atoms with van der Waals surface area (Å²) in [5.74, 6) is 0.968. The predicted molar refractivity (Wildman–Crippen MR) is 110 cm³/mol. The summed E-state index contributed by atoms with van der Waals surface area (Å²) in [7, 11) is 0. The van der Waals surface area contributed by atoms with Gasteiger partial charge in [0, 0.05) is 0 Å². The molecule has 2 aliphatic heterocycles. The van der Waals surface area contributed by atoms with Gasteiger partial charge in [0.2, 0.25) is 0 Å². The monoisotopic (exact) mass is 376 g/mol. The molecule has 1 saturated heterocycles. The summed E-state index contributed by atoms with van der Waals surface area (Å²) < 4.78 is 5.69. The van der Waals surface area contributed by atoms with Gasteiger partial charge < -0.3 is 4.74 Å². The fraction of sp³-hybridized carbons (Fsp3) is 0.273. The molecule has 0 unspecified atom stereocenters. The third kappa shape index (κ3) is 3.39. The summed E-state index contributed by atoms with van der Waals surface area (Å²) in [6, 6.07) is 16.3. The van der Waals surface area contributed by atoms with E-state index < -0.39 is 0 Å². The molecule has 0 bridgehead atoms. The number of thioether (sulfide) groups is 1. The smallest absolute Gasteiger partial charge is 0.271 e. The summed E-state index contributed by atoms with van der Waals surface area (Å²) >= 11 is 1.48. The van der Waals surface area contributed by atoms with Crippen LogP contribution in [-0.2, 0) is 11.2 Å². The van der Waals surface area contributed by atoms with Crippen molar-refractivity contribution in [3.8, 4) is 5.75 Å². The van der Waals surface area contributed by atoms with Crippen LogP contribution in [-0.4, -0.2) is 23.7 Å². The third-order valence-corrected chi connectivity index (χ3v) is 5.87. The van der Waals surface area contributed by atoms with Crippen molar-refractivity contribution >= 4 is 34.6 Å². The molecule has 1 aliphatic carbocycles. The number of nitrogens with zero attached hydrogens (tertiary/aromatic N) is 2.